The van der Waals surface area contributed by atoms with E-state index in [1.165, 1.54) is 11.1 Å². The summed E-state index contributed by atoms with van der Waals surface area (Å²) in [7, 11) is 1.70. The second-order valence-electron chi connectivity index (χ2n) is 3.45. The first-order valence-electron chi connectivity index (χ1n) is 5.38. The number of para-hydroxylation sites is 1. The smallest absolute Gasteiger partial charge is 0.122 e. The first-order chi connectivity index (χ1) is 7.81. The van der Waals surface area contributed by atoms with Crippen molar-refractivity contribution in [3.05, 3.63) is 66.3 Å². The second kappa shape index (κ2) is 6.67. The summed E-state index contributed by atoms with van der Waals surface area (Å²) in [4.78, 5) is 0. The van der Waals surface area contributed by atoms with E-state index < -0.39 is 0 Å². The predicted octanol–water partition coefficient (Wildman–Crippen LogP) is 3.93. The number of hydrogen-bond donors (Lipinski definition) is 0. The Kier molecular flexibility index (Phi) is 5.13. The number of hydrogen-bond acceptors (Lipinski definition) is 1. The molecular formula is C15H18O. The molecule has 84 valence electrons. The number of rotatable bonds is 5. The van der Waals surface area contributed by atoms with Gasteiger partial charge < -0.3 is 4.74 Å². The summed E-state index contributed by atoms with van der Waals surface area (Å²) < 4.78 is 5.32. The normalized spacial score (nSPS) is 11.8. The van der Waals surface area contributed by atoms with Crippen molar-refractivity contribution in [2.24, 2.45) is 0 Å². The molecule has 0 N–H and O–H groups in total. The molecule has 0 saturated heterocycles. The van der Waals surface area contributed by atoms with Crippen LogP contribution >= 0.6 is 0 Å². The van der Waals surface area contributed by atoms with E-state index in [-0.39, 0.29) is 0 Å². The van der Waals surface area contributed by atoms with E-state index in [1.807, 2.05) is 31.2 Å². The molecule has 0 aliphatic carbocycles. The van der Waals surface area contributed by atoms with Gasteiger partial charge in [-0.2, -0.15) is 0 Å². The van der Waals surface area contributed by atoms with Gasteiger partial charge in [-0.15, -0.1) is 0 Å². The maximum atomic E-state index is 5.32. The van der Waals surface area contributed by atoms with Crippen LogP contribution in [-0.4, -0.2) is 7.11 Å². The van der Waals surface area contributed by atoms with E-state index in [0.29, 0.717) is 0 Å². The first-order valence-corrected chi connectivity index (χ1v) is 5.38. The quantitative estimate of drug-likeness (QED) is 0.675. The largest absolute Gasteiger partial charge is 0.496 e. The Bertz CT molecular complexity index is 400. The molecule has 0 aliphatic rings. The first kappa shape index (κ1) is 12.3. The number of benzene rings is 1. The van der Waals surface area contributed by atoms with Gasteiger partial charge in [-0.25, -0.2) is 0 Å². The number of allylic oxidation sites excluding steroid dienone is 5. The second-order valence-corrected chi connectivity index (χ2v) is 3.45. The maximum Gasteiger partial charge on any atom is 0.122 e. The number of methoxy groups -OCH3 is 1. The van der Waals surface area contributed by atoms with Crippen LogP contribution in [0.15, 0.2) is 60.7 Å². The van der Waals surface area contributed by atoms with Crippen molar-refractivity contribution in [2.45, 2.75) is 13.3 Å². The van der Waals surface area contributed by atoms with Crippen LogP contribution < -0.4 is 4.74 Å². The lowest BCUT2D eigenvalue weighted by molar-refractivity contribution is 0.410. The van der Waals surface area contributed by atoms with E-state index in [0.717, 1.165) is 12.2 Å². The van der Waals surface area contributed by atoms with Gasteiger partial charge in [0.25, 0.3) is 0 Å². The van der Waals surface area contributed by atoms with Crippen molar-refractivity contribution in [3.63, 3.8) is 0 Å². The average molecular weight is 214 g/mol. The summed E-state index contributed by atoms with van der Waals surface area (Å²) >= 11 is 0. The van der Waals surface area contributed by atoms with Crippen LogP contribution in [0.1, 0.15) is 12.5 Å². The Hall–Kier alpha value is -1.76. The van der Waals surface area contributed by atoms with Crippen LogP contribution in [0.5, 0.6) is 5.75 Å². The molecular weight excluding hydrogens is 196 g/mol. The summed E-state index contributed by atoms with van der Waals surface area (Å²) in [5, 5.41) is 0. The molecule has 0 fully saturated rings. The third kappa shape index (κ3) is 3.43. The molecule has 1 aromatic carbocycles. The van der Waals surface area contributed by atoms with Crippen LogP contribution in [0.2, 0.25) is 0 Å². The summed E-state index contributed by atoms with van der Waals surface area (Å²) in [5.41, 5.74) is 2.45. The summed E-state index contributed by atoms with van der Waals surface area (Å²) in [6.45, 7) is 5.71. The van der Waals surface area contributed by atoms with Crippen molar-refractivity contribution >= 4 is 0 Å². The lowest BCUT2D eigenvalue weighted by atomic mass is 10.0. The third-order valence-corrected chi connectivity index (χ3v) is 2.40. The van der Waals surface area contributed by atoms with E-state index in [2.05, 4.69) is 24.8 Å². The Morgan fingerprint density at radius 2 is 2.12 bits per heavy atom. The topological polar surface area (TPSA) is 9.23 Å². The van der Waals surface area contributed by atoms with E-state index in [9.17, 15) is 0 Å². The highest BCUT2D eigenvalue weighted by Gasteiger charge is 2.02. The van der Waals surface area contributed by atoms with Gasteiger partial charge in [-0.1, -0.05) is 49.1 Å². The molecule has 0 atom stereocenters. The molecule has 0 bridgehead atoms. The molecule has 0 unspecified atom stereocenters. The molecule has 1 aromatic rings. The van der Waals surface area contributed by atoms with Crippen molar-refractivity contribution in [3.8, 4) is 5.75 Å². The number of ether oxygens (including phenoxy) is 1. The molecule has 1 heteroatoms. The van der Waals surface area contributed by atoms with Crippen molar-refractivity contribution < 1.29 is 4.74 Å². The van der Waals surface area contributed by atoms with Gasteiger partial charge in [0.2, 0.25) is 0 Å². The zero-order valence-electron chi connectivity index (χ0n) is 9.94. The van der Waals surface area contributed by atoms with Crippen LogP contribution in [0, 0.1) is 0 Å². The van der Waals surface area contributed by atoms with Crippen LogP contribution in [0.4, 0.5) is 0 Å². The Labute approximate surface area is 97.8 Å². The van der Waals surface area contributed by atoms with Gasteiger partial charge in [-0.05, 0) is 24.1 Å². The minimum absolute atomic E-state index is 0.880. The lowest BCUT2D eigenvalue weighted by Crippen LogP contribution is -1.93. The van der Waals surface area contributed by atoms with Crippen molar-refractivity contribution in [2.75, 3.05) is 7.11 Å². The van der Waals surface area contributed by atoms with Crippen LogP contribution in [0.3, 0.4) is 0 Å². The molecule has 0 aromatic heterocycles. The highest BCUT2D eigenvalue weighted by Crippen LogP contribution is 2.21. The molecule has 0 radical (unpaired) electrons. The van der Waals surface area contributed by atoms with E-state index in [4.69, 9.17) is 4.74 Å². The molecule has 1 nitrogen and oxygen atoms in total. The molecule has 0 spiro atoms. The monoisotopic (exact) mass is 214 g/mol. The minimum atomic E-state index is 0.880. The lowest BCUT2D eigenvalue weighted by Gasteiger charge is -2.08. The van der Waals surface area contributed by atoms with Gasteiger partial charge in [0.15, 0.2) is 0 Å². The maximum absolute atomic E-state index is 5.32. The van der Waals surface area contributed by atoms with E-state index in [1.54, 1.807) is 13.2 Å². The Morgan fingerprint density at radius 3 is 2.75 bits per heavy atom. The zero-order valence-corrected chi connectivity index (χ0v) is 9.94. The Balaban J connectivity index is 2.86. The molecule has 0 saturated carbocycles. The van der Waals surface area contributed by atoms with Gasteiger partial charge >= 0.3 is 0 Å². The molecule has 16 heavy (non-hydrogen) atoms. The summed E-state index contributed by atoms with van der Waals surface area (Å²) in [5.74, 6) is 0.939. The summed E-state index contributed by atoms with van der Waals surface area (Å²) in [6, 6.07) is 8.09. The molecule has 0 aliphatic heterocycles. The van der Waals surface area contributed by atoms with E-state index >= 15 is 0 Å². The average Bonchev–Trinajstić information content (AvgIpc) is 2.34. The molecule has 1 rings (SSSR count). The van der Waals surface area contributed by atoms with Crippen LogP contribution in [0.25, 0.3) is 0 Å². The highest BCUT2D eigenvalue weighted by atomic mass is 16.5. The predicted molar refractivity (Wildman–Crippen MR) is 69.8 cm³/mol. The van der Waals surface area contributed by atoms with Gasteiger partial charge in [-0.3, -0.25) is 0 Å². The van der Waals surface area contributed by atoms with Gasteiger partial charge in [0, 0.05) is 6.42 Å². The molecule has 0 amide bonds. The van der Waals surface area contributed by atoms with Gasteiger partial charge in [0.1, 0.15) is 5.75 Å². The van der Waals surface area contributed by atoms with Crippen molar-refractivity contribution in [1.82, 2.24) is 0 Å². The Morgan fingerprint density at radius 1 is 1.38 bits per heavy atom. The molecule has 0 heterocycles. The standard InChI is InChI=1S/C15H18O/c1-4-6-9-13(5-2)12-14-10-7-8-11-15(14)16-3/h4-11H,1,12H2,2-3H3/b9-6-,13-5+. The SMILES string of the molecule is C=C/C=C\C(=C/C)Cc1ccccc1OC. The van der Waals surface area contributed by atoms with Crippen LogP contribution in [-0.2, 0) is 6.42 Å². The fraction of sp³-hybridized carbons (Fsp3) is 0.200. The fourth-order valence-electron chi connectivity index (χ4n) is 1.52. The van der Waals surface area contributed by atoms with Crippen molar-refractivity contribution in [1.29, 1.82) is 0 Å². The highest BCUT2D eigenvalue weighted by molar-refractivity contribution is 5.38. The zero-order chi connectivity index (χ0) is 11.8. The fourth-order valence-corrected chi connectivity index (χ4v) is 1.52. The summed E-state index contributed by atoms with van der Waals surface area (Å²) in [6.07, 6.45) is 8.78. The minimum Gasteiger partial charge on any atom is -0.496 e. The van der Waals surface area contributed by atoms with Gasteiger partial charge in [0.05, 0.1) is 7.11 Å². The third-order valence-electron chi connectivity index (χ3n) is 2.40.